The van der Waals surface area contributed by atoms with Gasteiger partial charge >= 0.3 is 5.97 Å². The highest BCUT2D eigenvalue weighted by Crippen LogP contribution is 2.33. The van der Waals surface area contributed by atoms with E-state index in [0.717, 1.165) is 0 Å². The highest BCUT2D eigenvalue weighted by Gasteiger charge is 2.18. The van der Waals surface area contributed by atoms with Crippen molar-refractivity contribution in [1.29, 1.82) is 0 Å². The fourth-order valence-electron chi connectivity index (χ4n) is 2.63. The summed E-state index contributed by atoms with van der Waals surface area (Å²) in [6.07, 6.45) is -0.0153. The van der Waals surface area contributed by atoms with Crippen molar-refractivity contribution in [2.24, 2.45) is 0 Å². The number of rotatable bonds is 8. The lowest BCUT2D eigenvalue weighted by molar-refractivity contribution is -0.137. The molecule has 0 radical (unpaired) electrons. The van der Waals surface area contributed by atoms with E-state index in [0.29, 0.717) is 22.6 Å². The summed E-state index contributed by atoms with van der Waals surface area (Å²) in [5.41, 5.74) is 0.918. The van der Waals surface area contributed by atoms with Crippen molar-refractivity contribution < 1.29 is 28.2 Å². The van der Waals surface area contributed by atoms with Crippen molar-refractivity contribution in [2.75, 3.05) is 0 Å². The average molecular weight is 510 g/mol. The Hall–Kier alpha value is -2.68. The van der Waals surface area contributed by atoms with E-state index in [-0.39, 0.29) is 12.8 Å². The zero-order valence-corrected chi connectivity index (χ0v) is 17.3. The quantitative estimate of drug-likeness (QED) is 0.281. The molecule has 3 aromatic carbocycles. The Bertz CT molecular complexity index is 972. The SMILES string of the molecule is O=C(O)CC[C@@H](I)Oc1c(F)cc(-c2cccc(Oc3ccccc3)c2)cc1F. The Morgan fingerprint density at radius 1 is 0.931 bits per heavy atom. The standard InChI is InChI=1S/C22H17F2IO4/c23-18-12-15(13-19(24)22(18)29-20(25)9-10-21(26)27)14-5-4-8-17(11-14)28-16-6-2-1-3-7-16/h1-8,11-13,20H,9-10H2,(H,26,27)/t20-/m0/s1. The molecule has 0 aliphatic carbocycles. The van der Waals surface area contributed by atoms with Gasteiger partial charge in [-0.1, -0.05) is 30.3 Å². The monoisotopic (exact) mass is 510 g/mol. The minimum atomic E-state index is -0.996. The molecule has 3 aromatic rings. The largest absolute Gasteiger partial charge is 0.481 e. The number of ether oxygens (including phenoxy) is 2. The van der Waals surface area contributed by atoms with Crippen LogP contribution in [0.1, 0.15) is 12.8 Å². The predicted molar refractivity (Wildman–Crippen MR) is 114 cm³/mol. The van der Waals surface area contributed by atoms with Crippen LogP contribution < -0.4 is 9.47 Å². The minimum Gasteiger partial charge on any atom is -0.481 e. The topological polar surface area (TPSA) is 55.8 Å². The van der Waals surface area contributed by atoms with Gasteiger partial charge in [-0.2, -0.15) is 0 Å². The van der Waals surface area contributed by atoms with Gasteiger partial charge in [-0.3, -0.25) is 4.79 Å². The second kappa shape index (κ2) is 9.69. The molecule has 7 heteroatoms. The minimum absolute atomic E-state index is 0.134. The van der Waals surface area contributed by atoms with Crippen LogP contribution in [0.2, 0.25) is 0 Å². The van der Waals surface area contributed by atoms with Gasteiger partial charge in [-0.05, 0) is 70.1 Å². The number of aliphatic carboxylic acids is 1. The first kappa shape index (κ1) is 21.0. The van der Waals surface area contributed by atoms with E-state index in [9.17, 15) is 13.6 Å². The molecule has 29 heavy (non-hydrogen) atoms. The highest BCUT2D eigenvalue weighted by atomic mass is 127. The molecule has 0 aliphatic heterocycles. The summed E-state index contributed by atoms with van der Waals surface area (Å²) in [6.45, 7) is 0. The van der Waals surface area contributed by atoms with Crippen LogP contribution >= 0.6 is 22.6 Å². The summed E-state index contributed by atoms with van der Waals surface area (Å²) in [4.78, 5) is 10.6. The van der Waals surface area contributed by atoms with E-state index < -0.39 is 27.5 Å². The van der Waals surface area contributed by atoms with E-state index in [4.69, 9.17) is 14.6 Å². The van der Waals surface area contributed by atoms with Crippen LogP contribution in [0, 0.1) is 11.6 Å². The molecule has 0 bridgehead atoms. The Labute approximate surface area is 180 Å². The predicted octanol–water partition coefficient (Wildman–Crippen LogP) is 6.43. The smallest absolute Gasteiger partial charge is 0.303 e. The van der Waals surface area contributed by atoms with Gasteiger partial charge in [0.25, 0.3) is 0 Å². The lowest BCUT2D eigenvalue weighted by Gasteiger charge is -2.15. The fourth-order valence-corrected chi connectivity index (χ4v) is 3.19. The maximum absolute atomic E-state index is 14.5. The third kappa shape index (κ3) is 5.90. The van der Waals surface area contributed by atoms with Crippen LogP contribution in [0.4, 0.5) is 8.78 Å². The fraction of sp³-hybridized carbons (Fsp3) is 0.136. The van der Waals surface area contributed by atoms with E-state index >= 15 is 0 Å². The van der Waals surface area contributed by atoms with Gasteiger partial charge in [0.2, 0.25) is 0 Å². The molecule has 3 rings (SSSR count). The molecule has 4 nitrogen and oxygen atoms in total. The zero-order valence-electron chi connectivity index (χ0n) is 15.1. The summed E-state index contributed by atoms with van der Waals surface area (Å²) in [6, 6.07) is 18.5. The van der Waals surface area contributed by atoms with Crippen LogP contribution in [-0.2, 0) is 4.79 Å². The molecule has 0 saturated carbocycles. The average Bonchev–Trinajstić information content (AvgIpc) is 2.70. The number of para-hydroxylation sites is 1. The van der Waals surface area contributed by atoms with E-state index in [1.165, 1.54) is 12.1 Å². The first-order valence-electron chi connectivity index (χ1n) is 8.77. The second-order valence-corrected chi connectivity index (χ2v) is 7.56. The van der Waals surface area contributed by atoms with Gasteiger partial charge in [0, 0.05) is 12.8 Å². The molecule has 1 N–H and O–H groups in total. The molecule has 1 atom stereocenters. The third-order valence-electron chi connectivity index (χ3n) is 3.98. The molecule has 0 fully saturated rings. The Morgan fingerprint density at radius 3 is 2.24 bits per heavy atom. The number of carboxylic acids is 1. The summed E-state index contributed by atoms with van der Waals surface area (Å²) in [7, 11) is 0. The van der Waals surface area contributed by atoms with Crippen LogP contribution in [-0.4, -0.2) is 15.2 Å². The zero-order chi connectivity index (χ0) is 20.8. The van der Waals surface area contributed by atoms with Gasteiger partial charge in [0.1, 0.15) is 15.6 Å². The van der Waals surface area contributed by atoms with Crippen LogP contribution in [0.25, 0.3) is 11.1 Å². The van der Waals surface area contributed by atoms with Crippen molar-refractivity contribution in [3.05, 3.63) is 78.4 Å². The van der Waals surface area contributed by atoms with Gasteiger partial charge in [-0.25, -0.2) is 8.78 Å². The van der Waals surface area contributed by atoms with E-state index in [1.807, 2.05) is 52.9 Å². The molecule has 0 aromatic heterocycles. The number of halogens is 3. The maximum atomic E-state index is 14.5. The number of hydrogen-bond donors (Lipinski definition) is 1. The van der Waals surface area contributed by atoms with Crippen LogP contribution in [0.3, 0.4) is 0 Å². The number of carboxylic acid groups (broad SMARTS) is 1. The van der Waals surface area contributed by atoms with Crippen LogP contribution in [0.15, 0.2) is 66.7 Å². The Kier molecular flexibility index (Phi) is 7.03. The van der Waals surface area contributed by atoms with E-state index in [2.05, 4.69) is 0 Å². The molecule has 0 heterocycles. The number of hydrogen-bond acceptors (Lipinski definition) is 3. The molecule has 0 aliphatic rings. The number of carbonyl (C=O) groups is 1. The second-order valence-electron chi connectivity index (χ2n) is 6.17. The lowest BCUT2D eigenvalue weighted by atomic mass is 10.0. The number of benzene rings is 3. The summed E-state index contributed by atoms with van der Waals surface area (Å²) >= 11 is 1.81. The molecular formula is C22H17F2IO4. The highest BCUT2D eigenvalue weighted by molar-refractivity contribution is 14.1. The Balaban J connectivity index is 1.79. The van der Waals surface area contributed by atoms with Gasteiger partial charge in [-0.15, -0.1) is 0 Å². The molecular weight excluding hydrogens is 493 g/mol. The molecule has 0 amide bonds. The summed E-state index contributed by atoms with van der Waals surface area (Å²) < 4.78 is 39.3. The molecule has 150 valence electrons. The van der Waals surface area contributed by atoms with E-state index in [1.54, 1.807) is 24.3 Å². The van der Waals surface area contributed by atoms with Crippen molar-refractivity contribution in [3.8, 4) is 28.4 Å². The summed E-state index contributed by atoms with van der Waals surface area (Å²) in [5, 5.41) is 8.70. The third-order valence-corrected chi connectivity index (χ3v) is 4.85. The first-order valence-corrected chi connectivity index (χ1v) is 10.0. The first-order chi connectivity index (χ1) is 13.9. The number of alkyl halides is 1. The lowest BCUT2D eigenvalue weighted by Crippen LogP contribution is -2.12. The van der Waals surface area contributed by atoms with Crippen molar-refractivity contribution in [2.45, 2.75) is 17.0 Å². The molecule has 0 saturated heterocycles. The van der Waals surface area contributed by atoms with Crippen molar-refractivity contribution in [1.82, 2.24) is 0 Å². The molecule has 0 spiro atoms. The van der Waals surface area contributed by atoms with Crippen molar-refractivity contribution in [3.63, 3.8) is 0 Å². The molecule has 0 unspecified atom stereocenters. The van der Waals surface area contributed by atoms with Gasteiger partial charge in [0.05, 0.1) is 0 Å². The normalized spacial score (nSPS) is 11.7. The summed E-state index contributed by atoms with van der Waals surface area (Å²) in [5.74, 6) is -2.03. The van der Waals surface area contributed by atoms with Gasteiger partial charge in [0.15, 0.2) is 17.4 Å². The Morgan fingerprint density at radius 2 is 1.59 bits per heavy atom. The van der Waals surface area contributed by atoms with Gasteiger partial charge < -0.3 is 14.6 Å². The maximum Gasteiger partial charge on any atom is 0.303 e. The van der Waals surface area contributed by atoms with Crippen molar-refractivity contribution >= 4 is 28.6 Å². The van der Waals surface area contributed by atoms with Crippen LogP contribution in [0.5, 0.6) is 17.2 Å².